The highest BCUT2D eigenvalue weighted by atomic mass is 16.4. The summed E-state index contributed by atoms with van der Waals surface area (Å²) in [6, 6.07) is 14.9. The predicted molar refractivity (Wildman–Crippen MR) is 113 cm³/mol. The molecular weight excluding hydrogens is 384 g/mol. The monoisotopic (exact) mass is 406 g/mol. The van der Waals surface area contributed by atoms with Gasteiger partial charge in [-0.1, -0.05) is 35.5 Å². The Kier molecular flexibility index (Phi) is 5.44. The van der Waals surface area contributed by atoms with Crippen molar-refractivity contribution in [2.45, 2.75) is 13.1 Å². The van der Waals surface area contributed by atoms with Gasteiger partial charge in [-0.2, -0.15) is 0 Å². The minimum absolute atomic E-state index is 0.211. The lowest BCUT2D eigenvalue weighted by molar-refractivity contribution is 0.102. The molecule has 1 amide bonds. The number of hydrogen-bond acceptors (Lipinski definition) is 6. The van der Waals surface area contributed by atoms with E-state index in [1.54, 1.807) is 33.6 Å². The molecule has 0 unspecified atom stereocenters. The van der Waals surface area contributed by atoms with Crippen molar-refractivity contribution in [1.82, 2.24) is 24.5 Å². The van der Waals surface area contributed by atoms with E-state index in [1.807, 2.05) is 49.3 Å². The van der Waals surface area contributed by atoms with Crippen LogP contribution in [0.3, 0.4) is 0 Å². The van der Waals surface area contributed by atoms with Crippen LogP contribution in [0.2, 0.25) is 0 Å². The van der Waals surface area contributed by atoms with Gasteiger partial charge < -0.3 is 14.6 Å². The number of benzene rings is 2. The van der Waals surface area contributed by atoms with E-state index in [2.05, 4.69) is 15.6 Å². The molecule has 4 rings (SSSR count). The minimum Gasteiger partial charge on any atom is -0.408 e. The molecular formula is C21H22N6O3. The van der Waals surface area contributed by atoms with E-state index in [4.69, 9.17) is 4.42 Å². The molecule has 2 aromatic heterocycles. The van der Waals surface area contributed by atoms with E-state index in [0.717, 1.165) is 5.56 Å². The first kappa shape index (κ1) is 19.6. The minimum atomic E-state index is -0.417. The van der Waals surface area contributed by atoms with Crippen LogP contribution < -0.4 is 11.1 Å². The Morgan fingerprint density at radius 3 is 2.73 bits per heavy atom. The van der Waals surface area contributed by atoms with Crippen molar-refractivity contribution in [3.63, 3.8) is 0 Å². The fourth-order valence-corrected chi connectivity index (χ4v) is 3.10. The van der Waals surface area contributed by atoms with Crippen LogP contribution in [-0.4, -0.2) is 51.0 Å². The molecule has 0 fully saturated rings. The van der Waals surface area contributed by atoms with E-state index >= 15 is 0 Å². The summed E-state index contributed by atoms with van der Waals surface area (Å²) < 4.78 is 8.46. The molecule has 0 saturated heterocycles. The third kappa shape index (κ3) is 4.31. The highest BCUT2D eigenvalue weighted by Crippen LogP contribution is 2.19. The van der Waals surface area contributed by atoms with E-state index in [0.29, 0.717) is 36.4 Å². The van der Waals surface area contributed by atoms with Gasteiger partial charge in [0.15, 0.2) is 11.3 Å². The summed E-state index contributed by atoms with van der Waals surface area (Å²) in [6.45, 7) is 1.71. The zero-order valence-electron chi connectivity index (χ0n) is 16.8. The highest BCUT2D eigenvalue weighted by Gasteiger charge is 2.14. The number of carbonyl (C=O) groups excluding carboxylic acids is 1. The summed E-state index contributed by atoms with van der Waals surface area (Å²) >= 11 is 0. The Bertz CT molecular complexity index is 1220. The number of rotatable bonds is 7. The molecule has 0 aliphatic heterocycles. The molecule has 0 spiro atoms. The lowest BCUT2D eigenvalue weighted by atomic mass is 10.2. The van der Waals surface area contributed by atoms with Gasteiger partial charge in [0.1, 0.15) is 0 Å². The van der Waals surface area contributed by atoms with Gasteiger partial charge >= 0.3 is 5.76 Å². The Morgan fingerprint density at radius 2 is 1.97 bits per heavy atom. The maximum atomic E-state index is 12.6. The molecule has 0 saturated carbocycles. The Balaban J connectivity index is 1.50. The van der Waals surface area contributed by atoms with Gasteiger partial charge in [0.05, 0.1) is 18.3 Å². The molecule has 0 atom stereocenters. The normalized spacial score (nSPS) is 11.3. The van der Waals surface area contributed by atoms with Crippen LogP contribution in [0.4, 0.5) is 5.69 Å². The first-order chi connectivity index (χ1) is 14.5. The topological polar surface area (TPSA) is 98.2 Å². The first-order valence-corrected chi connectivity index (χ1v) is 9.53. The number of fused-ring (bicyclic) bond motifs is 1. The van der Waals surface area contributed by atoms with Gasteiger partial charge in [0.25, 0.3) is 5.91 Å². The van der Waals surface area contributed by atoms with Crippen molar-refractivity contribution >= 4 is 22.7 Å². The molecule has 154 valence electrons. The summed E-state index contributed by atoms with van der Waals surface area (Å²) in [4.78, 5) is 26.7. The zero-order valence-corrected chi connectivity index (χ0v) is 16.8. The average Bonchev–Trinajstić information content (AvgIpc) is 3.31. The Morgan fingerprint density at radius 1 is 1.17 bits per heavy atom. The zero-order chi connectivity index (χ0) is 21.1. The molecule has 2 heterocycles. The second-order valence-corrected chi connectivity index (χ2v) is 7.25. The first-order valence-electron chi connectivity index (χ1n) is 9.53. The number of likely N-dealkylation sites (N-methyl/N-ethyl adjacent to an activating group) is 1. The number of nitrogens with one attached hydrogen (secondary N) is 1. The van der Waals surface area contributed by atoms with Gasteiger partial charge in [0.2, 0.25) is 0 Å². The van der Waals surface area contributed by atoms with Crippen LogP contribution in [-0.2, 0) is 13.1 Å². The van der Waals surface area contributed by atoms with Gasteiger partial charge in [-0.05, 0) is 37.9 Å². The number of carbonyl (C=O) groups is 1. The summed E-state index contributed by atoms with van der Waals surface area (Å²) in [5.74, 6) is -0.793. The summed E-state index contributed by atoms with van der Waals surface area (Å²) in [5.41, 5.74) is 2.93. The highest BCUT2D eigenvalue weighted by molar-refractivity contribution is 6.03. The van der Waals surface area contributed by atoms with Crippen molar-refractivity contribution in [1.29, 1.82) is 0 Å². The number of aromatic nitrogens is 4. The van der Waals surface area contributed by atoms with Crippen molar-refractivity contribution in [3.8, 4) is 0 Å². The maximum absolute atomic E-state index is 12.6. The number of anilines is 1. The molecule has 0 bridgehead atoms. The van der Waals surface area contributed by atoms with Crippen molar-refractivity contribution in [3.05, 3.63) is 76.5 Å². The molecule has 30 heavy (non-hydrogen) atoms. The number of hydrogen-bond donors (Lipinski definition) is 1. The van der Waals surface area contributed by atoms with Gasteiger partial charge in [0, 0.05) is 18.8 Å². The summed E-state index contributed by atoms with van der Waals surface area (Å²) in [7, 11) is 3.87. The molecule has 9 heteroatoms. The molecule has 0 aliphatic rings. The molecule has 0 radical (unpaired) electrons. The maximum Gasteiger partial charge on any atom is 0.419 e. The standard InChI is InChI=1S/C21H22N6O3/c1-25(2)10-11-27-18-12-16(8-9-19(18)30-21(27)29)22-20(28)17-14-26(24-23-17)13-15-6-4-3-5-7-15/h3-9,12,14H,10-11,13H2,1-2H3,(H,22,28). The lowest BCUT2D eigenvalue weighted by Crippen LogP contribution is -2.23. The van der Waals surface area contributed by atoms with Crippen molar-refractivity contribution in [2.75, 3.05) is 26.0 Å². The third-order valence-electron chi connectivity index (χ3n) is 4.65. The Labute approximate surface area is 172 Å². The van der Waals surface area contributed by atoms with E-state index < -0.39 is 5.76 Å². The largest absolute Gasteiger partial charge is 0.419 e. The predicted octanol–water partition coefficient (Wildman–Crippen LogP) is 2.05. The Hall–Kier alpha value is -3.72. The third-order valence-corrected chi connectivity index (χ3v) is 4.65. The quantitative estimate of drug-likeness (QED) is 0.504. The fourth-order valence-electron chi connectivity index (χ4n) is 3.10. The van der Waals surface area contributed by atoms with Crippen LogP contribution in [0.25, 0.3) is 11.1 Å². The summed E-state index contributed by atoms with van der Waals surface area (Å²) in [5, 5.41) is 10.8. The SMILES string of the molecule is CN(C)CCn1c(=O)oc2ccc(NC(=O)c3cn(Cc4ccccc4)nn3)cc21. The molecule has 0 aliphatic carbocycles. The summed E-state index contributed by atoms with van der Waals surface area (Å²) in [6.07, 6.45) is 1.60. The number of nitrogens with zero attached hydrogens (tertiary/aromatic N) is 5. The molecule has 4 aromatic rings. The van der Waals surface area contributed by atoms with Crippen LogP contribution >= 0.6 is 0 Å². The van der Waals surface area contributed by atoms with Crippen molar-refractivity contribution in [2.24, 2.45) is 0 Å². The van der Waals surface area contributed by atoms with Crippen LogP contribution in [0, 0.1) is 0 Å². The number of oxazole rings is 1. The van der Waals surface area contributed by atoms with Gasteiger partial charge in [-0.3, -0.25) is 9.36 Å². The van der Waals surface area contributed by atoms with Crippen LogP contribution in [0.5, 0.6) is 0 Å². The second-order valence-electron chi connectivity index (χ2n) is 7.25. The van der Waals surface area contributed by atoms with Gasteiger partial charge in [-0.15, -0.1) is 5.10 Å². The van der Waals surface area contributed by atoms with Crippen molar-refractivity contribution < 1.29 is 9.21 Å². The molecule has 1 N–H and O–H groups in total. The van der Waals surface area contributed by atoms with Crippen LogP contribution in [0.1, 0.15) is 16.1 Å². The van der Waals surface area contributed by atoms with E-state index in [9.17, 15) is 9.59 Å². The van der Waals surface area contributed by atoms with Gasteiger partial charge in [-0.25, -0.2) is 9.48 Å². The van der Waals surface area contributed by atoms with Crippen LogP contribution in [0.15, 0.2) is 63.9 Å². The molecule has 9 nitrogen and oxygen atoms in total. The lowest BCUT2D eigenvalue weighted by Gasteiger charge is -2.09. The molecule has 2 aromatic carbocycles. The second kappa shape index (κ2) is 8.34. The number of amides is 1. The smallest absolute Gasteiger partial charge is 0.408 e. The van der Waals surface area contributed by atoms with E-state index in [-0.39, 0.29) is 11.6 Å². The fraction of sp³-hybridized carbons (Fsp3) is 0.238. The average molecular weight is 406 g/mol. The van der Waals surface area contributed by atoms with E-state index in [1.165, 1.54) is 0 Å².